The van der Waals surface area contributed by atoms with Crippen molar-refractivity contribution in [2.75, 3.05) is 7.11 Å². The van der Waals surface area contributed by atoms with E-state index in [1.165, 1.54) is 12.1 Å². The second kappa shape index (κ2) is 5.94. The van der Waals surface area contributed by atoms with Gasteiger partial charge in [0.1, 0.15) is 5.82 Å². The highest BCUT2D eigenvalue weighted by molar-refractivity contribution is 9.10. The van der Waals surface area contributed by atoms with Crippen LogP contribution < -0.4 is 0 Å². The standard InChI is InChI=1S/C13H18BrFO2/c1-13(2,17-3)7-6-12(16)10-8-9(15)4-5-11(10)14/h4-5,8,12,16H,6-7H2,1-3H3. The number of halogens is 2. The Hall–Kier alpha value is -0.450. The summed E-state index contributed by atoms with van der Waals surface area (Å²) in [7, 11) is 1.64. The van der Waals surface area contributed by atoms with Gasteiger partial charge in [0.2, 0.25) is 0 Å². The molecule has 0 amide bonds. The van der Waals surface area contributed by atoms with Crippen molar-refractivity contribution in [1.29, 1.82) is 0 Å². The van der Waals surface area contributed by atoms with Gasteiger partial charge in [0, 0.05) is 11.6 Å². The second-order valence-electron chi connectivity index (χ2n) is 4.68. The molecule has 0 saturated carbocycles. The summed E-state index contributed by atoms with van der Waals surface area (Å²) in [4.78, 5) is 0. The van der Waals surface area contributed by atoms with Crippen molar-refractivity contribution < 1.29 is 14.2 Å². The van der Waals surface area contributed by atoms with E-state index >= 15 is 0 Å². The maximum atomic E-state index is 13.1. The van der Waals surface area contributed by atoms with E-state index in [0.29, 0.717) is 18.4 Å². The van der Waals surface area contributed by atoms with Gasteiger partial charge in [-0.15, -0.1) is 0 Å². The lowest BCUT2D eigenvalue weighted by molar-refractivity contribution is 0.00271. The molecule has 0 aliphatic rings. The maximum absolute atomic E-state index is 13.1. The number of methoxy groups -OCH3 is 1. The van der Waals surface area contributed by atoms with Gasteiger partial charge in [0.15, 0.2) is 0 Å². The highest BCUT2D eigenvalue weighted by Gasteiger charge is 2.20. The summed E-state index contributed by atoms with van der Waals surface area (Å²) < 4.78 is 19.1. The zero-order valence-electron chi connectivity index (χ0n) is 10.3. The lowest BCUT2D eigenvalue weighted by atomic mass is 9.96. The predicted molar refractivity (Wildman–Crippen MR) is 69.4 cm³/mol. The third-order valence-electron chi connectivity index (χ3n) is 2.89. The van der Waals surface area contributed by atoms with Gasteiger partial charge in [0.25, 0.3) is 0 Å². The predicted octanol–water partition coefficient (Wildman–Crippen LogP) is 3.83. The summed E-state index contributed by atoms with van der Waals surface area (Å²) in [5, 5.41) is 10.0. The summed E-state index contributed by atoms with van der Waals surface area (Å²) in [5.74, 6) is -0.340. The topological polar surface area (TPSA) is 29.5 Å². The fourth-order valence-corrected chi connectivity index (χ4v) is 2.02. The molecular weight excluding hydrogens is 287 g/mol. The number of hydrogen-bond donors (Lipinski definition) is 1. The molecule has 0 bridgehead atoms. The van der Waals surface area contributed by atoms with Crippen LogP contribution in [0.2, 0.25) is 0 Å². The molecule has 4 heteroatoms. The molecule has 0 aromatic heterocycles. The van der Waals surface area contributed by atoms with Crippen molar-refractivity contribution in [3.8, 4) is 0 Å². The van der Waals surface area contributed by atoms with Crippen molar-refractivity contribution in [2.45, 2.75) is 38.4 Å². The summed E-state index contributed by atoms with van der Waals surface area (Å²) in [6, 6.07) is 4.32. The smallest absolute Gasteiger partial charge is 0.123 e. The quantitative estimate of drug-likeness (QED) is 0.896. The molecule has 1 unspecified atom stereocenters. The number of ether oxygens (including phenoxy) is 1. The summed E-state index contributed by atoms with van der Waals surface area (Å²) >= 11 is 3.31. The lowest BCUT2D eigenvalue weighted by Gasteiger charge is -2.24. The zero-order valence-corrected chi connectivity index (χ0v) is 11.9. The SMILES string of the molecule is COC(C)(C)CCC(O)c1cc(F)ccc1Br. The molecule has 96 valence electrons. The largest absolute Gasteiger partial charge is 0.388 e. The van der Waals surface area contributed by atoms with Gasteiger partial charge in [-0.25, -0.2) is 4.39 Å². The minimum atomic E-state index is -0.686. The van der Waals surface area contributed by atoms with Crippen LogP contribution in [0.25, 0.3) is 0 Å². The number of hydrogen-bond acceptors (Lipinski definition) is 2. The number of rotatable bonds is 5. The Bertz CT molecular complexity index is 380. The van der Waals surface area contributed by atoms with Gasteiger partial charge >= 0.3 is 0 Å². The van der Waals surface area contributed by atoms with E-state index in [0.717, 1.165) is 4.47 Å². The molecule has 0 spiro atoms. The Kier molecular flexibility index (Phi) is 5.10. The third kappa shape index (κ3) is 4.37. The Balaban J connectivity index is 2.70. The van der Waals surface area contributed by atoms with Crippen LogP contribution in [0.15, 0.2) is 22.7 Å². The zero-order chi connectivity index (χ0) is 13.1. The normalized spacial score (nSPS) is 13.8. The van der Waals surface area contributed by atoms with Crippen LogP contribution in [-0.4, -0.2) is 17.8 Å². The van der Waals surface area contributed by atoms with E-state index < -0.39 is 6.10 Å². The highest BCUT2D eigenvalue weighted by Crippen LogP contribution is 2.29. The molecule has 0 saturated heterocycles. The van der Waals surface area contributed by atoms with Gasteiger partial charge in [-0.2, -0.15) is 0 Å². The average Bonchev–Trinajstić information content (AvgIpc) is 2.29. The van der Waals surface area contributed by atoms with Crippen LogP contribution in [0.3, 0.4) is 0 Å². The van der Waals surface area contributed by atoms with E-state index in [4.69, 9.17) is 4.74 Å². The molecule has 1 N–H and O–H groups in total. The molecule has 0 heterocycles. The van der Waals surface area contributed by atoms with Gasteiger partial charge < -0.3 is 9.84 Å². The van der Waals surface area contributed by atoms with E-state index in [9.17, 15) is 9.50 Å². The first kappa shape index (κ1) is 14.6. The Labute approximate surface area is 110 Å². The number of aliphatic hydroxyl groups is 1. The van der Waals surface area contributed by atoms with Crippen LogP contribution in [0, 0.1) is 5.82 Å². The van der Waals surface area contributed by atoms with Crippen molar-refractivity contribution in [2.24, 2.45) is 0 Å². The van der Waals surface area contributed by atoms with Crippen LogP contribution in [0.1, 0.15) is 38.4 Å². The first-order valence-electron chi connectivity index (χ1n) is 5.54. The monoisotopic (exact) mass is 304 g/mol. The molecule has 17 heavy (non-hydrogen) atoms. The second-order valence-corrected chi connectivity index (χ2v) is 5.54. The maximum Gasteiger partial charge on any atom is 0.123 e. The van der Waals surface area contributed by atoms with Crippen LogP contribution >= 0.6 is 15.9 Å². The molecule has 0 fully saturated rings. The van der Waals surface area contributed by atoms with Crippen molar-refractivity contribution in [1.82, 2.24) is 0 Å². The molecule has 1 aromatic carbocycles. The lowest BCUT2D eigenvalue weighted by Crippen LogP contribution is -2.23. The van der Waals surface area contributed by atoms with Gasteiger partial charge in [-0.3, -0.25) is 0 Å². The average molecular weight is 305 g/mol. The molecule has 1 rings (SSSR count). The molecule has 2 nitrogen and oxygen atoms in total. The third-order valence-corrected chi connectivity index (χ3v) is 3.61. The van der Waals surface area contributed by atoms with Gasteiger partial charge in [-0.05, 0) is 50.5 Å². The van der Waals surface area contributed by atoms with Crippen molar-refractivity contribution in [3.63, 3.8) is 0 Å². The first-order chi connectivity index (χ1) is 7.85. The summed E-state index contributed by atoms with van der Waals surface area (Å²) in [5.41, 5.74) is 0.303. The van der Waals surface area contributed by atoms with Crippen LogP contribution in [-0.2, 0) is 4.74 Å². The van der Waals surface area contributed by atoms with Crippen molar-refractivity contribution in [3.05, 3.63) is 34.1 Å². The fraction of sp³-hybridized carbons (Fsp3) is 0.538. The number of benzene rings is 1. The minimum absolute atomic E-state index is 0.277. The number of aliphatic hydroxyl groups excluding tert-OH is 1. The van der Waals surface area contributed by atoms with E-state index in [1.54, 1.807) is 13.2 Å². The summed E-state index contributed by atoms with van der Waals surface area (Å²) in [6.45, 7) is 3.92. The fourth-order valence-electron chi connectivity index (χ4n) is 1.51. The molecule has 1 aromatic rings. The minimum Gasteiger partial charge on any atom is -0.388 e. The van der Waals surface area contributed by atoms with Crippen molar-refractivity contribution >= 4 is 15.9 Å². The first-order valence-corrected chi connectivity index (χ1v) is 6.33. The van der Waals surface area contributed by atoms with Crippen LogP contribution in [0.4, 0.5) is 4.39 Å². The van der Waals surface area contributed by atoms with Gasteiger partial charge in [-0.1, -0.05) is 15.9 Å². The Morgan fingerprint density at radius 2 is 2.12 bits per heavy atom. The molecule has 0 radical (unpaired) electrons. The molecular formula is C13H18BrFO2. The summed E-state index contributed by atoms with van der Waals surface area (Å²) in [6.07, 6.45) is 0.547. The van der Waals surface area contributed by atoms with E-state index in [2.05, 4.69) is 15.9 Å². The molecule has 0 aliphatic heterocycles. The van der Waals surface area contributed by atoms with E-state index in [-0.39, 0.29) is 11.4 Å². The highest BCUT2D eigenvalue weighted by atomic mass is 79.9. The molecule has 1 atom stereocenters. The Morgan fingerprint density at radius 1 is 1.47 bits per heavy atom. The Morgan fingerprint density at radius 3 is 2.71 bits per heavy atom. The van der Waals surface area contributed by atoms with E-state index in [1.807, 2.05) is 13.8 Å². The molecule has 0 aliphatic carbocycles. The van der Waals surface area contributed by atoms with Crippen LogP contribution in [0.5, 0.6) is 0 Å². The van der Waals surface area contributed by atoms with Gasteiger partial charge in [0.05, 0.1) is 11.7 Å².